The Morgan fingerprint density at radius 1 is 1.04 bits per heavy atom. The number of rotatable bonds is 12. The Hall–Kier alpha value is -5.83. The maximum Gasteiger partial charge on any atom is 0.407 e. The molecule has 2 aromatic carbocycles. The van der Waals surface area contributed by atoms with Crippen LogP contribution in [0.5, 0.6) is 6.01 Å². The van der Waals surface area contributed by atoms with Crippen molar-refractivity contribution in [2.75, 3.05) is 30.8 Å². The zero-order chi connectivity index (χ0) is 33.1. The summed E-state index contributed by atoms with van der Waals surface area (Å²) in [4.78, 5) is 37.7. The zero-order valence-corrected chi connectivity index (χ0v) is 26.1. The molecule has 0 aliphatic carbocycles. The van der Waals surface area contributed by atoms with E-state index in [4.69, 9.17) is 30.9 Å². The van der Waals surface area contributed by atoms with E-state index in [1.165, 1.54) is 12.3 Å². The van der Waals surface area contributed by atoms with Gasteiger partial charge in [-0.2, -0.15) is 4.98 Å². The van der Waals surface area contributed by atoms with Crippen LogP contribution in [0.1, 0.15) is 37.7 Å². The van der Waals surface area contributed by atoms with Crippen molar-refractivity contribution in [1.82, 2.24) is 15.3 Å². The SMILES string of the molecule is [C-]#[N+]/C(=C\c1ccc(-c2ccc(N(C)CCOC(=O)NCc3ccc(COc4nccc(N)n4)cc3)cc2)o1)C(=O)OC(C)(C)C. The average molecular weight is 625 g/mol. The van der Waals surface area contributed by atoms with E-state index in [9.17, 15) is 9.59 Å². The highest BCUT2D eigenvalue weighted by Crippen LogP contribution is 2.26. The van der Waals surface area contributed by atoms with Crippen LogP contribution in [0.15, 0.2) is 83.0 Å². The van der Waals surface area contributed by atoms with E-state index in [2.05, 4.69) is 20.1 Å². The summed E-state index contributed by atoms with van der Waals surface area (Å²) in [5.41, 5.74) is 8.35. The lowest BCUT2D eigenvalue weighted by molar-refractivity contribution is -0.149. The highest BCUT2D eigenvalue weighted by atomic mass is 16.6. The molecule has 0 saturated carbocycles. The predicted octanol–water partition coefficient (Wildman–Crippen LogP) is 5.86. The lowest BCUT2D eigenvalue weighted by Crippen LogP contribution is -2.28. The molecule has 46 heavy (non-hydrogen) atoms. The molecule has 2 heterocycles. The van der Waals surface area contributed by atoms with Crippen LogP contribution < -0.4 is 20.7 Å². The van der Waals surface area contributed by atoms with Gasteiger partial charge in [0.05, 0.1) is 13.1 Å². The van der Waals surface area contributed by atoms with Crippen molar-refractivity contribution in [3.63, 3.8) is 0 Å². The highest BCUT2D eigenvalue weighted by Gasteiger charge is 2.21. The van der Waals surface area contributed by atoms with Crippen molar-refractivity contribution in [1.29, 1.82) is 0 Å². The van der Waals surface area contributed by atoms with Crippen LogP contribution in [0.2, 0.25) is 0 Å². The second-order valence-corrected chi connectivity index (χ2v) is 11.2. The number of benzene rings is 2. The fourth-order valence-electron chi connectivity index (χ4n) is 4.02. The number of nitrogens with one attached hydrogen (secondary N) is 1. The standard InChI is InChI=1S/C34H36N6O6/c1-34(2,3)46-31(41)28(36-4)20-27-14-15-29(45-27)25-10-12-26(13-11-25)40(5)18-19-43-33(42)38-21-23-6-8-24(9-7-23)22-44-32-37-17-16-30(35)39-32/h6-17,20H,18-19,21-22H2,1-3,5H3,(H,38,42)(H2,35,37,39)/b28-20-. The van der Waals surface area contributed by atoms with E-state index in [1.54, 1.807) is 39.0 Å². The van der Waals surface area contributed by atoms with Crippen LogP contribution in [-0.4, -0.2) is 47.8 Å². The van der Waals surface area contributed by atoms with Gasteiger partial charge in [0.25, 0.3) is 5.70 Å². The minimum atomic E-state index is -0.704. The van der Waals surface area contributed by atoms with E-state index in [1.807, 2.05) is 60.5 Å². The Kier molecular flexibility index (Phi) is 11.0. The Labute approximate surface area is 267 Å². The van der Waals surface area contributed by atoms with E-state index in [0.29, 0.717) is 37.0 Å². The predicted molar refractivity (Wildman–Crippen MR) is 173 cm³/mol. The summed E-state index contributed by atoms with van der Waals surface area (Å²) in [6, 6.07) is 20.5. The van der Waals surface area contributed by atoms with Gasteiger partial charge >= 0.3 is 18.1 Å². The summed E-state index contributed by atoms with van der Waals surface area (Å²) < 4.78 is 22.0. The fraction of sp³-hybridized carbons (Fsp3) is 0.265. The Morgan fingerprint density at radius 2 is 1.76 bits per heavy atom. The Bertz CT molecular complexity index is 1700. The first-order valence-electron chi connectivity index (χ1n) is 14.4. The van der Waals surface area contributed by atoms with E-state index < -0.39 is 17.7 Å². The summed E-state index contributed by atoms with van der Waals surface area (Å²) in [5.74, 6) is 0.598. The first kappa shape index (κ1) is 33.1. The van der Waals surface area contributed by atoms with Crippen molar-refractivity contribution in [3.8, 4) is 17.3 Å². The number of nitrogens with zero attached hydrogens (tertiary/aromatic N) is 4. The maximum atomic E-state index is 12.3. The third kappa shape index (κ3) is 10.1. The number of hydrogen-bond acceptors (Lipinski definition) is 10. The lowest BCUT2D eigenvalue weighted by Gasteiger charge is -2.19. The number of amides is 1. The van der Waals surface area contributed by atoms with Gasteiger partial charge in [0.2, 0.25) is 0 Å². The third-order valence-corrected chi connectivity index (χ3v) is 6.37. The molecule has 12 nitrogen and oxygen atoms in total. The van der Waals surface area contributed by atoms with Crippen LogP contribution in [0, 0.1) is 6.57 Å². The first-order valence-corrected chi connectivity index (χ1v) is 14.4. The number of esters is 1. The number of hydrogen-bond donors (Lipinski definition) is 2. The first-order chi connectivity index (χ1) is 22.0. The molecule has 12 heteroatoms. The molecule has 2 aromatic heterocycles. The van der Waals surface area contributed by atoms with Crippen LogP contribution in [0.4, 0.5) is 16.3 Å². The molecule has 0 atom stereocenters. The van der Waals surface area contributed by atoms with Crippen LogP contribution in [0.25, 0.3) is 22.2 Å². The largest absolute Gasteiger partial charge is 0.465 e. The number of aromatic nitrogens is 2. The maximum absolute atomic E-state index is 12.3. The van der Waals surface area contributed by atoms with Crippen molar-refractivity contribution >= 4 is 29.6 Å². The molecule has 0 spiro atoms. The molecule has 4 rings (SSSR count). The van der Waals surface area contributed by atoms with E-state index >= 15 is 0 Å². The van der Waals surface area contributed by atoms with Crippen LogP contribution >= 0.6 is 0 Å². The summed E-state index contributed by atoms with van der Waals surface area (Å²) in [6.07, 6.45) is 2.40. The fourth-order valence-corrected chi connectivity index (χ4v) is 4.02. The molecule has 0 fully saturated rings. The minimum Gasteiger partial charge on any atom is -0.465 e. The molecular weight excluding hydrogens is 588 g/mol. The van der Waals surface area contributed by atoms with Gasteiger partial charge in [-0.15, -0.1) is 0 Å². The smallest absolute Gasteiger partial charge is 0.407 e. The summed E-state index contributed by atoms with van der Waals surface area (Å²) >= 11 is 0. The van der Waals surface area contributed by atoms with Crippen LogP contribution in [0.3, 0.4) is 0 Å². The number of ether oxygens (including phenoxy) is 3. The number of carbonyl (C=O) groups excluding carboxylic acids is 2. The molecule has 0 bridgehead atoms. The molecule has 0 aliphatic heterocycles. The molecule has 3 N–H and O–H groups in total. The molecule has 0 saturated heterocycles. The second-order valence-electron chi connectivity index (χ2n) is 11.2. The van der Waals surface area contributed by atoms with E-state index in [-0.39, 0.29) is 18.3 Å². The highest BCUT2D eigenvalue weighted by molar-refractivity contribution is 5.95. The second kappa shape index (κ2) is 15.3. The number of alkyl carbamates (subject to hydrolysis) is 1. The van der Waals surface area contributed by atoms with Gasteiger partial charge in [0.15, 0.2) is 0 Å². The summed E-state index contributed by atoms with van der Waals surface area (Å²) in [6.45, 7) is 13.8. The molecule has 0 aliphatic rings. The molecule has 238 valence electrons. The number of carbonyl (C=O) groups is 2. The molecule has 0 unspecified atom stereocenters. The summed E-state index contributed by atoms with van der Waals surface area (Å²) in [5, 5.41) is 2.75. The number of furan rings is 1. The normalized spacial score (nSPS) is 11.3. The van der Waals surface area contributed by atoms with Gasteiger partial charge in [-0.3, -0.25) is 4.79 Å². The van der Waals surface area contributed by atoms with Gasteiger partial charge in [0, 0.05) is 31.0 Å². The molecule has 0 radical (unpaired) electrons. The molecule has 4 aromatic rings. The number of nitrogen functional groups attached to an aromatic ring is 1. The zero-order valence-electron chi connectivity index (χ0n) is 26.1. The molecule has 1 amide bonds. The molecular formula is C34H36N6O6. The average Bonchev–Trinajstić information content (AvgIpc) is 3.50. The topological polar surface area (TPSA) is 146 Å². The number of nitrogens with two attached hydrogens (primary N) is 1. The van der Waals surface area contributed by atoms with Gasteiger partial charge in [-0.1, -0.05) is 24.3 Å². The van der Waals surface area contributed by atoms with Gasteiger partial charge < -0.3 is 34.6 Å². The van der Waals surface area contributed by atoms with Crippen molar-refractivity contribution in [2.24, 2.45) is 0 Å². The number of anilines is 2. The van der Waals surface area contributed by atoms with Crippen molar-refractivity contribution < 1.29 is 28.2 Å². The number of likely N-dealkylation sites (N-methyl/N-ethyl adjacent to an activating group) is 1. The lowest BCUT2D eigenvalue weighted by atomic mass is 10.1. The Morgan fingerprint density at radius 3 is 2.43 bits per heavy atom. The quantitative estimate of drug-likeness (QED) is 0.112. The minimum absolute atomic E-state index is 0.161. The van der Waals surface area contributed by atoms with Crippen molar-refractivity contribution in [2.45, 2.75) is 39.5 Å². The van der Waals surface area contributed by atoms with Crippen LogP contribution in [-0.2, 0) is 27.4 Å². The summed E-state index contributed by atoms with van der Waals surface area (Å²) in [7, 11) is 1.90. The Balaban J connectivity index is 1.19. The monoisotopic (exact) mass is 624 g/mol. The van der Waals surface area contributed by atoms with Gasteiger partial charge in [0.1, 0.15) is 36.2 Å². The van der Waals surface area contributed by atoms with Gasteiger partial charge in [-0.25, -0.2) is 14.6 Å². The third-order valence-electron chi connectivity index (χ3n) is 6.37. The van der Waals surface area contributed by atoms with E-state index in [0.717, 1.165) is 22.4 Å². The van der Waals surface area contributed by atoms with Gasteiger partial charge in [-0.05, 0) is 80.4 Å². The van der Waals surface area contributed by atoms with Crippen molar-refractivity contribution in [3.05, 3.63) is 107 Å².